The molecule has 1 atom stereocenters. The molecule has 0 aromatic carbocycles. The summed E-state index contributed by atoms with van der Waals surface area (Å²) in [6, 6.07) is 0. The third-order valence-corrected chi connectivity index (χ3v) is 2.05. The van der Waals surface area contributed by atoms with Crippen molar-refractivity contribution in [3.63, 3.8) is 0 Å². The van der Waals surface area contributed by atoms with Crippen LogP contribution in [0.4, 0.5) is 0 Å². The van der Waals surface area contributed by atoms with Gasteiger partial charge in [0.1, 0.15) is 11.7 Å². The highest BCUT2D eigenvalue weighted by molar-refractivity contribution is 6.29. The van der Waals surface area contributed by atoms with E-state index in [0.717, 1.165) is 0 Å². The van der Waals surface area contributed by atoms with Crippen molar-refractivity contribution in [2.24, 2.45) is 0 Å². The van der Waals surface area contributed by atoms with Crippen molar-refractivity contribution in [2.45, 2.75) is 72.2 Å². The first kappa shape index (κ1) is 18.9. The van der Waals surface area contributed by atoms with Crippen LogP contribution in [-0.2, 0) is 28.8 Å². The van der Waals surface area contributed by atoms with Crippen LogP contribution in [0.2, 0.25) is 0 Å². The van der Waals surface area contributed by atoms with E-state index < -0.39 is 29.2 Å². The number of esters is 2. The Bertz CT molecular complexity index is 329. The molecular weight excluding hydrogens is 264 g/mol. The van der Waals surface area contributed by atoms with Crippen LogP contribution in [0.1, 0.15) is 54.9 Å². The van der Waals surface area contributed by atoms with E-state index in [1.54, 1.807) is 13.8 Å². The van der Waals surface area contributed by atoms with Gasteiger partial charge in [0.25, 0.3) is 0 Å². The second-order valence-corrected chi connectivity index (χ2v) is 6.18. The lowest BCUT2D eigenvalue weighted by Crippen LogP contribution is -2.35. The van der Waals surface area contributed by atoms with Crippen LogP contribution in [0.3, 0.4) is 0 Å². The quantitative estimate of drug-likeness (QED) is 0.324. The summed E-state index contributed by atoms with van der Waals surface area (Å²) >= 11 is 0. The van der Waals surface area contributed by atoms with Crippen LogP contribution >= 0.6 is 0 Å². The van der Waals surface area contributed by atoms with E-state index in [4.69, 9.17) is 14.5 Å². The van der Waals surface area contributed by atoms with E-state index in [0.29, 0.717) is 6.42 Å². The van der Waals surface area contributed by atoms with Crippen molar-refractivity contribution in [1.82, 2.24) is 0 Å². The first-order valence-electron chi connectivity index (χ1n) is 6.71. The van der Waals surface area contributed by atoms with Gasteiger partial charge in [0.15, 0.2) is 0 Å². The van der Waals surface area contributed by atoms with Crippen molar-refractivity contribution >= 4 is 11.9 Å². The molecule has 0 saturated carbocycles. The summed E-state index contributed by atoms with van der Waals surface area (Å²) in [5.74, 6) is -1.98. The number of hydrogen-bond donors (Lipinski definition) is 0. The lowest BCUT2D eigenvalue weighted by molar-refractivity contribution is -0.399. The standard InChI is InChI=1S/C14H26O6/c1-8-17-11(15)12(16)18-10(2)9-14(6,7)20-19-13(3,4)5/h10H,8-9H2,1-7H3. The predicted molar refractivity (Wildman–Crippen MR) is 72.8 cm³/mol. The Kier molecular flexibility index (Phi) is 7.16. The van der Waals surface area contributed by atoms with Crippen LogP contribution in [0, 0.1) is 0 Å². The molecular formula is C14H26O6. The van der Waals surface area contributed by atoms with Gasteiger partial charge >= 0.3 is 11.9 Å². The van der Waals surface area contributed by atoms with Crippen molar-refractivity contribution < 1.29 is 28.8 Å². The molecule has 0 aliphatic rings. The van der Waals surface area contributed by atoms with Crippen LogP contribution in [0.25, 0.3) is 0 Å². The maximum absolute atomic E-state index is 11.4. The number of hydrogen-bond acceptors (Lipinski definition) is 6. The number of ether oxygens (including phenoxy) is 2. The normalized spacial score (nSPS) is 13.8. The lowest BCUT2D eigenvalue weighted by Gasteiger charge is -2.30. The minimum Gasteiger partial charge on any atom is -0.458 e. The van der Waals surface area contributed by atoms with Crippen LogP contribution in [0.5, 0.6) is 0 Å². The maximum Gasteiger partial charge on any atom is 0.417 e. The summed E-state index contributed by atoms with van der Waals surface area (Å²) in [6.45, 7) is 12.7. The summed E-state index contributed by atoms with van der Waals surface area (Å²) in [6.07, 6.45) is -0.112. The molecule has 0 saturated heterocycles. The van der Waals surface area contributed by atoms with E-state index in [1.165, 1.54) is 0 Å². The smallest absolute Gasteiger partial charge is 0.417 e. The summed E-state index contributed by atoms with van der Waals surface area (Å²) in [5.41, 5.74) is -1.08. The Balaban J connectivity index is 4.27. The first-order chi connectivity index (χ1) is 8.97. The molecule has 20 heavy (non-hydrogen) atoms. The van der Waals surface area contributed by atoms with Gasteiger partial charge in [-0.25, -0.2) is 19.4 Å². The molecule has 6 heteroatoms. The molecule has 118 valence electrons. The highest BCUT2D eigenvalue weighted by Gasteiger charge is 2.29. The fraction of sp³-hybridized carbons (Fsp3) is 0.857. The second kappa shape index (κ2) is 7.59. The summed E-state index contributed by atoms with van der Waals surface area (Å²) in [7, 11) is 0. The van der Waals surface area contributed by atoms with Gasteiger partial charge in [-0.15, -0.1) is 0 Å². The molecule has 0 aliphatic heterocycles. The molecule has 0 spiro atoms. The molecule has 0 radical (unpaired) electrons. The Morgan fingerprint density at radius 1 is 1.00 bits per heavy atom. The minimum absolute atomic E-state index is 0.135. The average molecular weight is 290 g/mol. The van der Waals surface area contributed by atoms with E-state index in [1.807, 2.05) is 34.6 Å². The van der Waals surface area contributed by atoms with Crippen LogP contribution in [-0.4, -0.2) is 35.9 Å². The molecule has 0 amide bonds. The fourth-order valence-corrected chi connectivity index (χ4v) is 1.43. The van der Waals surface area contributed by atoms with E-state index in [9.17, 15) is 9.59 Å². The SMILES string of the molecule is CCOC(=O)C(=O)OC(C)CC(C)(C)OOC(C)(C)C. The van der Waals surface area contributed by atoms with Gasteiger partial charge in [-0.2, -0.15) is 0 Å². The van der Waals surface area contributed by atoms with E-state index in [2.05, 4.69) is 4.74 Å². The van der Waals surface area contributed by atoms with Gasteiger partial charge < -0.3 is 9.47 Å². The largest absolute Gasteiger partial charge is 0.458 e. The Hall–Kier alpha value is -1.14. The predicted octanol–water partition coefficient (Wildman–Crippen LogP) is 2.40. The number of rotatable bonds is 6. The highest BCUT2D eigenvalue weighted by atomic mass is 17.2. The molecule has 0 aliphatic carbocycles. The van der Waals surface area contributed by atoms with E-state index >= 15 is 0 Å². The third kappa shape index (κ3) is 8.87. The molecule has 0 aromatic heterocycles. The van der Waals surface area contributed by atoms with Gasteiger partial charge in [0, 0.05) is 6.42 Å². The van der Waals surface area contributed by atoms with Crippen molar-refractivity contribution in [3.8, 4) is 0 Å². The molecule has 0 fully saturated rings. The zero-order valence-electron chi connectivity index (χ0n) is 13.4. The lowest BCUT2D eigenvalue weighted by atomic mass is 10.0. The van der Waals surface area contributed by atoms with Gasteiger partial charge in [-0.3, -0.25) is 0 Å². The second-order valence-electron chi connectivity index (χ2n) is 6.18. The van der Waals surface area contributed by atoms with E-state index in [-0.39, 0.29) is 6.61 Å². The Morgan fingerprint density at radius 3 is 2.00 bits per heavy atom. The number of carbonyl (C=O) groups is 2. The molecule has 0 bridgehead atoms. The summed E-state index contributed by atoms with van der Waals surface area (Å²) in [5, 5.41) is 0. The van der Waals surface area contributed by atoms with Crippen molar-refractivity contribution in [2.75, 3.05) is 6.61 Å². The topological polar surface area (TPSA) is 71.1 Å². The zero-order valence-corrected chi connectivity index (χ0v) is 13.4. The van der Waals surface area contributed by atoms with Gasteiger partial charge in [0.05, 0.1) is 12.2 Å². The number of carbonyl (C=O) groups excluding carboxylic acids is 2. The molecule has 0 heterocycles. The first-order valence-corrected chi connectivity index (χ1v) is 6.71. The zero-order chi connectivity index (χ0) is 16.0. The minimum atomic E-state index is -0.994. The van der Waals surface area contributed by atoms with Crippen molar-refractivity contribution in [1.29, 1.82) is 0 Å². The highest BCUT2D eigenvalue weighted by Crippen LogP contribution is 2.22. The van der Waals surface area contributed by atoms with Crippen LogP contribution in [0.15, 0.2) is 0 Å². The fourth-order valence-electron chi connectivity index (χ4n) is 1.43. The van der Waals surface area contributed by atoms with Gasteiger partial charge in [0.2, 0.25) is 0 Å². The van der Waals surface area contributed by atoms with Crippen molar-refractivity contribution in [3.05, 3.63) is 0 Å². The monoisotopic (exact) mass is 290 g/mol. The Morgan fingerprint density at radius 2 is 1.55 bits per heavy atom. The molecule has 0 rings (SSSR count). The van der Waals surface area contributed by atoms with Gasteiger partial charge in [-0.1, -0.05) is 0 Å². The summed E-state index contributed by atoms with van der Waals surface area (Å²) in [4.78, 5) is 33.1. The third-order valence-electron chi connectivity index (χ3n) is 2.05. The average Bonchev–Trinajstić information content (AvgIpc) is 2.25. The van der Waals surface area contributed by atoms with Crippen LogP contribution < -0.4 is 0 Å². The molecule has 0 N–H and O–H groups in total. The summed E-state index contributed by atoms with van der Waals surface area (Å²) < 4.78 is 9.54. The molecule has 1 unspecified atom stereocenters. The van der Waals surface area contributed by atoms with Gasteiger partial charge in [-0.05, 0) is 48.5 Å². The maximum atomic E-state index is 11.4. The Labute approximate surface area is 120 Å². The molecule has 0 aromatic rings. The molecule has 6 nitrogen and oxygen atoms in total.